The van der Waals surface area contributed by atoms with Gasteiger partial charge in [-0.3, -0.25) is 9.59 Å². The lowest BCUT2D eigenvalue weighted by atomic mass is 10.1. The number of carbonyl (C=O) groups excluding carboxylic acids is 2. The van der Waals surface area contributed by atoms with E-state index in [4.69, 9.17) is 9.47 Å². The summed E-state index contributed by atoms with van der Waals surface area (Å²) in [7, 11) is 1.55. The van der Waals surface area contributed by atoms with Gasteiger partial charge in [0, 0.05) is 19.6 Å². The molecule has 1 aromatic rings. The van der Waals surface area contributed by atoms with Crippen LogP contribution in [0.3, 0.4) is 0 Å². The molecular weight excluding hydrogens is 296 g/mol. The summed E-state index contributed by atoms with van der Waals surface area (Å²) in [5.74, 6) is 0.447. The van der Waals surface area contributed by atoms with Crippen LogP contribution < -0.4 is 4.74 Å². The summed E-state index contributed by atoms with van der Waals surface area (Å²) in [6.45, 7) is 2.95. The van der Waals surface area contributed by atoms with Gasteiger partial charge in [0.05, 0.1) is 25.9 Å². The fourth-order valence-electron chi connectivity index (χ4n) is 3.24. The van der Waals surface area contributed by atoms with Crippen LogP contribution in [0.5, 0.6) is 5.75 Å². The van der Waals surface area contributed by atoms with Crippen molar-refractivity contribution in [3.8, 4) is 5.75 Å². The largest absolute Gasteiger partial charge is 0.496 e. The Balaban J connectivity index is 1.78. The van der Waals surface area contributed by atoms with Crippen LogP contribution >= 0.6 is 0 Å². The molecule has 0 aliphatic carbocycles. The van der Waals surface area contributed by atoms with Crippen LogP contribution in [0.1, 0.15) is 23.2 Å². The second-order valence-corrected chi connectivity index (χ2v) is 5.79. The number of methoxy groups -OCH3 is 1. The van der Waals surface area contributed by atoms with Crippen molar-refractivity contribution in [1.82, 2.24) is 9.80 Å². The SMILES string of the molecule is COc1ccccc1C(=O)N1CCC[C@H]1C(=O)N1CCOCC1. The molecule has 2 saturated heterocycles. The van der Waals surface area contributed by atoms with Crippen LogP contribution in [0.2, 0.25) is 0 Å². The Morgan fingerprint density at radius 3 is 2.65 bits per heavy atom. The van der Waals surface area contributed by atoms with Crippen molar-refractivity contribution in [1.29, 1.82) is 0 Å². The van der Waals surface area contributed by atoms with E-state index in [2.05, 4.69) is 0 Å². The van der Waals surface area contributed by atoms with Crippen molar-refractivity contribution in [2.24, 2.45) is 0 Å². The van der Waals surface area contributed by atoms with Gasteiger partial charge in [0.1, 0.15) is 11.8 Å². The molecule has 0 bridgehead atoms. The molecule has 3 rings (SSSR count). The van der Waals surface area contributed by atoms with Gasteiger partial charge in [0.15, 0.2) is 0 Å². The maximum Gasteiger partial charge on any atom is 0.258 e. The second kappa shape index (κ2) is 7.00. The van der Waals surface area contributed by atoms with Crippen LogP contribution in [0.4, 0.5) is 0 Å². The molecule has 0 saturated carbocycles. The Morgan fingerprint density at radius 2 is 1.91 bits per heavy atom. The minimum atomic E-state index is -0.370. The normalized spacial score (nSPS) is 21.3. The lowest BCUT2D eigenvalue weighted by molar-refractivity contribution is -0.139. The zero-order valence-corrected chi connectivity index (χ0v) is 13.4. The summed E-state index contributed by atoms with van der Waals surface area (Å²) in [5.41, 5.74) is 0.511. The predicted octanol–water partition coefficient (Wildman–Crippen LogP) is 1.16. The zero-order chi connectivity index (χ0) is 16.2. The molecule has 2 amide bonds. The predicted molar refractivity (Wildman–Crippen MR) is 84.5 cm³/mol. The number of para-hydroxylation sites is 1. The smallest absolute Gasteiger partial charge is 0.258 e. The van der Waals surface area contributed by atoms with Gasteiger partial charge in [-0.15, -0.1) is 0 Å². The van der Waals surface area contributed by atoms with Gasteiger partial charge in [0.2, 0.25) is 5.91 Å². The zero-order valence-electron chi connectivity index (χ0n) is 13.4. The number of ether oxygens (including phenoxy) is 2. The molecule has 2 aliphatic rings. The molecule has 6 nitrogen and oxygen atoms in total. The van der Waals surface area contributed by atoms with Crippen molar-refractivity contribution >= 4 is 11.8 Å². The minimum absolute atomic E-state index is 0.0362. The standard InChI is InChI=1S/C17H22N2O4/c1-22-15-7-3-2-5-13(15)16(20)19-8-4-6-14(19)17(21)18-9-11-23-12-10-18/h2-3,5,7,14H,4,6,8-12H2,1H3/t14-/m0/s1. The van der Waals surface area contributed by atoms with E-state index in [-0.39, 0.29) is 17.9 Å². The van der Waals surface area contributed by atoms with E-state index in [0.717, 1.165) is 12.8 Å². The number of likely N-dealkylation sites (tertiary alicyclic amines) is 1. The minimum Gasteiger partial charge on any atom is -0.496 e. The lowest BCUT2D eigenvalue weighted by Crippen LogP contribution is -2.51. The summed E-state index contributed by atoms with van der Waals surface area (Å²) in [5, 5.41) is 0. The molecule has 124 valence electrons. The van der Waals surface area contributed by atoms with E-state index in [0.29, 0.717) is 44.2 Å². The van der Waals surface area contributed by atoms with Crippen LogP contribution in [0.25, 0.3) is 0 Å². The fraction of sp³-hybridized carbons (Fsp3) is 0.529. The maximum atomic E-state index is 12.9. The van der Waals surface area contributed by atoms with Crippen molar-refractivity contribution in [2.45, 2.75) is 18.9 Å². The van der Waals surface area contributed by atoms with Crippen molar-refractivity contribution in [3.05, 3.63) is 29.8 Å². The number of benzene rings is 1. The topological polar surface area (TPSA) is 59.1 Å². The highest BCUT2D eigenvalue weighted by atomic mass is 16.5. The number of carbonyl (C=O) groups is 2. The van der Waals surface area contributed by atoms with E-state index < -0.39 is 0 Å². The highest BCUT2D eigenvalue weighted by Gasteiger charge is 2.37. The Labute approximate surface area is 136 Å². The van der Waals surface area contributed by atoms with Crippen molar-refractivity contribution in [3.63, 3.8) is 0 Å². The third-order valence-electron chi connectivity index (χ3n) is 4.46. The summed E-state index contributed by atoms with van der Waals surface area (Å²) in [4.78, 5) is 29.1. The number of nitrogens with zero attached hydrogens (tertiary/aromatic N) is 2. The van der Waals surface area contributed by atoms with E-state index in [9.17, 15) is 9.59 Å². The van der Waals surface area contributed by atoms with Crippen LogP contribution in [0, 0.1) is 0 Å². The number of morpholine rings is 1. The average molecular weight is 318 g/mol. The second-order valence-electron chi connectivity index (χ2n) is 5.79. The van der Waals surface area contributed by atoms with E-state index in [1.165, 1.54) is 0 Å². The van der Waals surface area contributed by atoms with Gasteiger partial charge in [-0.1, -0.05) is 12.1 Å². The highest BCUT2D eigenvalue weighted by Crippen LogP contribution is 2.26. The highest BCUT2D eigenvalue weighted by molar-refractivity contribution is 6.00. The Morgan fingerprint density at radius 1 is 1.17 bits per heavy atom. The maximum absolute atomic E-state index is 12.9. The lowest BCUT2D eigenvalue weighted by Gasteiger charge is -2.32. The monoisotopic (exact) mass is 318 g/mol. The number of hydrogen-bond donors (Lipinski definition) is 0. The average Bonchev–Trinajstić information content (AvgIpc) is 3.10. The molecule has 2 aliphatic heterocycles. The molecule has 0 unspecified atom stereocenters. The van der Waals surface area contributed by atoms with Crippen molar-refractivity contribution < 1.29 is 19.1 Å². The molecule has 2 heterocycles. The Hall–Kier alpha value is -2.08. The van der Waals surface area contributed by atoms with Crippen molar-refractivity contribution in [2.75, 3.05) is 40.0 Å². The first-order chi connectivity index (χ1) is 11.2. The van der Waals surface area contributed by atoms with Crippen LogP contribution in [-0.2, 0) is 9.53 Å². The molecule has 1 atom stereocenters. The molecule has 0 spiro atoms. The van der Waals surface area contributed by atoms with Gasteiger partial charge in [-0.25, -0.2) is 0 Å². The molecule has 1 aromatic carbocycles. The van der Waals surface area contributed by atoms with Gasteiger partial charge < -0.3 is 19.3 Å². The summed E-state index contributed by atoms with van der Waals surface area (Å²) < 4.78 is 10.6. The van der Waals surface area contributed by atoms with Crippen LogP contribution in [-0.4, -0.2) is 67.6 Å². The Bertz CT molecular complexity index is 584. The molecule has 23 heavy (non-hydrogen) atoms. The first kappa shape index (κ1) is 15.8. The number of hydrogen-bond acceptors (Lipinski definition) is 4. The van der Waals surface area contributed by atoms with Gasteiger partial charge in [-0.05, 0) is 25.0 Å². The number of amides is 2. The van der Waals surface area contributed by atoms with E-state index in [1.54, 1.807) is 24.1 Å². The van der Waals surface area contributed by atoms with Gasteiger partial charge in [-0.2, -0.15) is 0 Å². The molecule has 6 heteroatoms. The molecule has 0 N–H and O–H groups in total. The van der Waals surface area contributed by atoms with Gasteiger partial charge >= 0.3 is 0 Å². The third-order valence-corrected chi connectivity index (χ3v) is 4.46. The molecule has 0 aromatic heterocycles. The first-order valence-corrected chi connectivity index (χ1v) is 8.03. The molecular formula is C17H22N2O4. The first-order valence-electron chi connectivity index (χ1n) is 8.03. The summed E-state index contributed by atoms with van der Waals surface area (Å²) in [6, 6.07) is 6.78. The summed E-state index contributed by atoms with van der Waals surface area (Å²) >= 11 is 0. The van der Waals surface area contributed by atoms with Gasteiger partial charge in [0.25, 0.3) is 5.91 Å². The van der Waals surface area contributed by atoms with E-state index >= 15 is 0 Å². The molecule has 2 fully saturated rings. The van der Waals surface area contributed by atoms with Crippen LogP contribution in [0.15, 0.2) is 24.3 Å². The summed E-state index contributed by atoms with van der Waals surface area (Å²) in [6.07, 6.45) is 1.57. The fourth-order valence-corrected chi connectivity index (χ4v) is 3.24. The quantitative estimate of drug-likeness (QED) is 0.839. The Kier molecular flexibility index (Phi) is 4.81. The number of rotatable bonds is 3. The van der Waals surface area contributed by atoms with E-state index in [1.807, 2.05) is 17.0 Å². The molecule has 0 radical (unpaired) electrons. The third kappa shape index (κ3) is 3.17.